The molecule has 0 N–H and O–H groups in total. The molecule has 36 heavy (non-hydrogen) atoms. The molecule has 0 heterocycles. The zero-order chi connectivity index (χ0) is 24.2. The van der Waals surface area contributed by atoms with E-state index in [9.17, 15) is 0 Å². The summed E-state index contributed by atoms with van der Waals surface area (Å²) in [7, 11) is -2.05. The fourth-order valence-corrected chi connectivity index (χ4v) is 10.4. The van der Waals surface area contributed by atoms with Gasteiger partial charge < -0.3 is 24.8 Å². The van der Waals surface area contributed by atoms with Crippen LogP contribution in [0.15, 0.2) is 48.5 Å². The fourth-order valence-electron chi connectivity index (χ4n) is 6.11. The van der Waals surface area contributed by atoms with Crippen LogP contribution >= 0.6 is 0 Å². The van der Waals surface area contributed by atoms with Gasteiger partial charge in [-0.2, -0.15) is 10.4 Å². The Morgan fingerprint density at radius 3 is 1.17 bits per heavy atom. The molecular formula is C32H42Cl2SiZr. The van der Waals surface area contributed by atoms with Crippen molar-refractivity contribution in [2.75, 3.05) is 0 Å². The van der Waals surface area contributed by atoms with E-state index in [0.717, 1.165) is 0 Å². The van der Waals surface area contributed by atoms with Crippen LogP contribution in [0.4, 0.5) is 0 Å². The van der Waals surface area contributed by atoms with Crippen LogP contribution in [0, 0.1) is 0 Å². The van der Waals surface area contributed by atoms with Crippen molar-refractivity contribution in [1.29, 1.82) is 0 Å². The predicted octanol–water partition coefficient (Wildman–Crippen LogP) is 2.75. The molecule has 0 bridgehead atoms. The van der Waals surface area contributed by atoms with E-state index in [2.05, 4.69) is 117 Å². The minimum atomic E-state index is -2.05. The topological polar surface area (TPSA) is 0 Å². The summed E-state index contributed by atoms with van der Waals surface area (Å²) >= 11 is 0. The van der Waals surface area contributed by atoms with Crippen LogP contribution in [0.5, 0.6) is 0 Å². The molecule has 0 atom stereocenters. The molecular weight excluding hydrogens is 575 g/mol. The molecule has 0 saturated carbocycles. The molecule has 4 aromatic rings. The van der Waals surface area contributed by atoms with Crippen LogP contribution in [0.3, 0.4) is 0 Å². The van der Waals surface area contributed by atoms with Gasteiger partial charge in [-0.1, -0.05) is 91.7 Å². The first-order valence-electron chi connectivity index (χ1n) is 12.9. The van der Waals surface area contributed by atoms with Crippen molar-refractivity contribution in [2.24, 2.45) is 0 Å². The van der Waals surface area contributed by atoms with Crippen LogP contribution < -0.4 is 35.2 Å². The maximum atomic E-state index is 2.63. The number of rotatable bonds is 6. The Kier molecular flexibility index (Phi) is 11.6. The van der Waals surface area contributed by atoms with Gasteiger partial charge in [0.05, 0.1) is 0 Å². The zero-order valence-corrected chi connectivity index (χ0v) is 28.7. The van der Waals surface area contributed by atoms with Gasteiger partial charge in [-0.25, -0.2) is 0 Å². The van der Waals surface area contributed by atoms with Crippen LogP contribution in [-0.2, 0) is 26.2 Å². The maximum absolute atomic E-state index is 2.63. The number of hydrogen-bond acceptors (Lipinski definition) is 0. The van der Waals surface area contributed by atoms with E-state index in [4.69, 9.17) is 0 Å². The standard InChI is InChI=1S/C32H42Si.2ClH.Zr/c1-19(2)25-15-11-13-23-17-27(21(5)6)31(29(23)25)33(9,10)32-28(22(7)8)18-24-14-12-16-26(20(3)4)30(24)32;;;/h11-22H,1-10H3;2*1H;/q-2;;;+4/p-2. The average Bonchev–Trinajstić information content (AvgIpc) is 3.33. The predicted molar refractivity (Wildman–Crippen MR) is 152 cm³/mol. The Labute approximate surface area is 252 Å². The van der Waals surface area contributed by atoms with Crippen molar-refractivity contribution in [3.63, 3.8) is 0 Å². The second-order valence-corrected chi connectivity index (χ2v) is 16.1. The molecule has 192 valence electrons. The fraction of sp³-hybridized carbons (Fsp3) is 0.438. The van der Waals surface area contributed by atoms with Gasteiger partial charge in [-0.3, -0.25) is 0 Å². The van der Waals surface area contributed by atoms with Crippen LogP contribution in [0.1, 0.15) is 101 Å². The zero-order valence-electron chi connectivity index (χ0n) is 23.7. The third-order valence-corrected chi connectivity index (χ3v) is 11.3. The molecule has 0 fully saturated rings. The van der Waals surface area contributed by atoms with E-state index in [1.54, 1.807) is 32.3 Å². The number of halogens is 2. The molecule has 0 spiro atoms. The number of benzene rings is 2. The van der Waals surface area contributed by atoms with Crippen molar-refractivity contribution in [3.8, 4) is 0 Å². The van der Waals surface area contributed by atoms with E-state index in [1.165, 1.54) is 21.9 Å². The molecule has 0 amide bonds. The van der Waals surface area contributed by atoms with Gasteiger partial charge in [0.1, 0.15) is 0 Å². The van der Waals surface area contributed by atoms with E-state index in [-0.39, 0.29) is 51.0 Å². The second-order valence-electron chi connectivity index (χ2n) is 11.8. The quantitative estimate of drug-likeness (QED) is 0.231. The van der Waals surface area contributed by atoms with Gasteiger partial charge in [0.15, 0.2) is 0 Å². The molecule has 0 radical (unpaired) electrons. The normalized spacial score (nSPS) is 11.9. The smallest absolute Gasteiger partial charge is 1.00 e. The minimum absolute atomic E-state index is 0. The van der Waals surface area contributed by atoms with E-state index in [1.807, 2.05) is 0 Å². The first-order chi connectivity index (χ1) is 15.5. The summed E-state index contributed by atoms with van der Waals surface area (Å²) in [4.78, 5) is 0. The SMILES string of the molecule is CC(C)c1[cH-]c2cccc(C(C)C)c2c1[Si](C)(C)c1c(C(C)C)[cH-]c2cccc(C(C)C)c12.[Cl-].[Cl-].[Zr+4]. The van der Waals surface area contributed by atoms with Gasteiger partial charge in [-0.05, 0) is 23.7 Å². The van der Waals surface area contributed by atoms with Crippen molar-refractivity contribution in [3.05, 3.63) is 70.8 Å². The molecule has 0 unspecified atom stereocenters. The van der Waals surface area contributed by atoms with Crippen LogP contribution in [0.2, 0.25) is 13.1 Å². The largest absolute Gasteiger partial charge is 4.00 e. The summed E-state index contributed by atoms with van der Waals surface area (Å²) < 4.78 is 0. The molecule has 0 aliphatic heterocycles. The van der Waals surface area contributed by atoms with Gasteiger partial charge >= 0.3 is 26.2 Å². The summed E-state index contributed by atoms with van der Waals surface area (Å²) in [6.07, 6.45) is 0. The van der Waals surface area contributed by atoms with Crippen molar-refractivity contribution in [1.82, 2.24) is 0 Å². The molecule has 0 aliphatic rings. The Morgan fingerprint density at radius 2 is 0.889 bits per heavy atom. The first kappa shape index (κ1) is 33.4. The molecule has 0 nitrogen and oxygen atoms in total. The average molecular weight is 617 g/mol. The summed E-state index contributed by atoms with van der Waals surface area (Å²) in [5.74, 6) is 2.08. The van der Waals surface area contributed by atoms with Gasteiger partial charge in [-0.15, -0.1) is 69.1 Å². The third-order valence-electron chi connectivity index (χ3n) is 7.70. The molecule has 0 aliphatic carbocycles. The third kappa shape index (κ3) is 5.54. The summed E-state index contributed by atoms with van der Waals surface area (Å²) in [6.45, 7) is 24.2. The van der Waals surface area contributed by atoms with Crippen molar-refractivity contribution >= 4 is 40.0 Å². The van der Waals surface area contributed by atoms with Crippen molar-refractivity contribution in [2.45, 2.75) is 92.2 Å². The first-order valence-corrected chi connectivity index (χ1v) is 15.9. The number of hydrogen-bond donors (Lipinski definition) is 0. The van der Waals surface area contributed by atoms with Gasteiger partial charge in [0.2, 0.25) is 0 Å². The van der Waals surface area contributed by atoms with E-state index in [0.29, 0.717) is 23.7 Å². The molecule has 4 heteroatoms. The maximum Gasteiger partial charge on any atom is 4.00 e. The molecule has 4 aromatic carbocycles. The molecule has 0 saturated heterocycles. The van der Waals surface area contributed by atoms with E-state index >= 15 is 0 Å². The van der Waals surface area contributed by atoms with Gasteiger partial charge in [0, 0.05) is 8.07 Å². The summed E-state index contributed by atoms with van der Waals surface area (Å²) in [6, 6.07) is 19.0. The molecule has 0 aromatic heterocycles. The summed E-state index contributed by atoms with van der Waals surface area (Å²) in [5, 5.41) is 9.35. The monoisotopic (exact) mass is 614 g/mol. The van der Waals surface area contributed by atoms with Gasteiger partial charge in [0.25, 0.3) is 0 Å². The summed E-state index contributed by atoms with van der Waals surface area (Å²) in [5.41, 5.74) is 6.17. The Hall–Kier alpha value is -0.660. The Morgan fingerprint density at radius 1 is 0.556 bits per heavy atom. The minimum Gasteiger partial charge on any atom is -1.00 e. The molecule has 4 rings (SSSR count). The number of fused-ring (bicyclic) bond motifs is 2. The Bertz CT molecular complexity index is 1200. The second kappa shape index (κ2) is 12.5. The van der Waals surface area contributed by atoms with Crippen LogP contribution in [0.25, 0.3) is 21.5 Å². The van der Waals surface area contributed by atoms with E-state index < -0.39 is 8.07 Å². The Balaban J connectivity index is 0.00000216. The van der Waals surface area contributed by atoms with Crippen molar-refractivity contribution < 1.29 is 51.0 Å². The van der Waals surface area contributed by atoms with Crippen LogP contribution in [-0.4, -0.2) is 8.07 Å².